The molecule has 2 heterocycles. The van der Waals surface area contributed by atoms with Crippen LogP contribution in [0.15, 0.2) is 97.0 Å². The van der Waals surface area contributed by atoms with Gasteiger partial charge in [0, 0.05) is 30.9 Å². The molecule has 0 aliphatic rings. The summed E-state index contributed by atoms with van der Waals surface area (Å²) in [6, 6.07) is 29.9. The average Bonchev–Trinajstić information content (AvgIpc) is 3.14. The molecule has 0 aliphatic carbocycles. The largest absolute Gasteiger partial charge is 0.513 e. The summed E-state index contributed by atoms with van der Waals surface area (Å²) in [5.41, 5.74) is 4.12. The Balaban J connectivity index is 0.000000337. The first-order chi connectivity index (χ1) is 15.5. The van der Waals surface area contributed by atoms with E-state index in [0.717, 1.165) is 28.1 Å². The fourth-order valence-corrected chi connectivity index (χ4v) is 3.69. The van der Waals surface area contributed by atoms with Crippen molar-refractivity contribution in [2.24, 2.45) is 0 Å². The minimum absolute atomic E-state index is 0. The fraction of sp³-hybridized carbons (Fsp3) is 0.111. The summed E-state index contributed by atoms with van der Waals surface area (Å²) in [7, 11) is 0. The molecule has 0 bridgehead atoms. The number of aliphatic hydroxyl groups is 2. The predicted molar refractivity (Wildman–Crippen MR) is 129 cm³/mol. The van der Waals surface area contributed by atoms with Gasteiger partial charge in [0.1, 0.15) is 12.1 Å². The average molecular weight is 615 g/mol. The molecule has 0 spiro atoms. The Labute approximate surface area is 206 Å². The molecular formula is C27H24IrN3O2-. The minimum Gasteiger partial charge on any atom is -0.513 e. The zero-order valence-electron chi connectivity index (χ0n) is 18.3. The molecule has 1 atom stereocenters. The van der Waals surface area contributed by atoms with E-state index in [1.165, 1.54) is 23.8 Å². The number of allylic oxidation sites excluding steroid dienone is 1. The van der Waals surface area contributed by atoms with Crippen LogP contribution in [0, 0.1) is 6.07 Å². The van der Waals surface area contributed by atoms with Crippen LogP contribution >= 0.6 is 0 Å². The van der Waals surface area contributed by atoms with Crippen LogP contribution in [0.4, 0.5) is 0 Å². The maximum atomic E-state index is 8.49. The van der Waals surface area contributed by atoms with Crippen LogP contribution in [0.1, 0.15) is 13.8 Å². The third kappa shape index (κ3) is 5.55. The van der Waals surface area contributed by atoms with E-state index in [-0.39, 0.29) is 25.9 Å². The predicted octanol–water partition coefficient (Wildman–Crippen LogP) is 5.87. The van der Waals surface area contributed by atoms with Crippen LogP contribution in [0.2, 0.25) is 0 Å². The standard InChI is InChI=1S/C22H14N3.C5H10O2.Ir/c1-2-8-16(9-3-1)19-14-22(24-15-23-19)25-20-12-6-4-10-17(20)18-11-5-7-13-21(18)25;1-4(6)3-5(2)7;/h1-8,10-15H;3-4,6-7H,1-2H3;/q-1;;. The third-order valence-corrected chi connectivity index (χ3v) is 4.93. The van der Waals surface area contributed by atoms with Crippen LogP contribution in [0.25, 0.3) is 38.9 Å². The van der Waals surface area contributed by atoms with Gasteiger partial charge in [-0.15, -0.1) is 35.9 Å². The number of aromatic nitrogens is 3. The molecule has 33 heavy (non-hydrogen) atoms. The number of rotatable bonds is 3. The van der Waals surface area contributed by atoms with Crippen molar-refractivity contribution in [3.63, 3.8) is 0 Å². The maximum Gasteiger partial charge on any atom is 0.132 e. The van der Waals surface area contributed by atoms with E-state index in [2.05, 4.69) is 69.1 Å². The van der Waals surface area contributed by atoms with Gasteiger partial charge in [0.25, 0.3) is 0 Å². The summed E-state index contributed by atoms with van der Waals surface area (Å²) < 4.78 is 2.19. The molecule has 2 N–H and O–H groups in total. The van der Waals surface area contributed by atoms with Crippen LogP contribution in [0.3, 0.4) is 0 Å². The molecular weight excluding hydrogens is 591 g/mol. The van der Waals surface area contributed by atoms with Crippen LogP contribution in [-0.2, 0) is 20.1 Å². The first-order valence-corrected chi connectivity index (χ1v) is 10.4. The summed E-state index contributed by atoms with van der Waals surface area (Å²) >= 11 is 0. The molecule has 1 radical (unpaired) electrons. The van der Waals surface area contributed by atoms with Gasteiger partial charge in [-0.25, -0.2) is 4.98 Å². The zero-order valence-corrected chi connectivity index (χ0v) is 20.7. The Kier molecular flexibility index (Phi) is 8.12. The second-order valence-corrected chi connectivity index (χ2v) is 7.46. The number of aliphatic hydroxyl groups excluding tert-OH is 2. The van der Waals surface area contributed by atoms with Gasteiger partial charge in [0.05, 0.1) is 22.9 Å². The Morgan fingerprint density at radius 2 is 1.55 bits per heavy atom. The molecule has 0 saturated heterocycles. The second-order valence-electron chi connectivity index (χ2n) is 7.46. The van der Waals surface area contributed by atoms with E-state index < -0.39 is 6.10 Å². The molecule has 169 valence electrons. The van der Waals surface area contributed by atoms with E-state index in [1.807, 2.05) is 30.3 Å². The van der Waals surface area contributed by atoms with E-state index >= 15 is 0 Å². The molecule has 1 unspecified atom stereocenters. The van der Waals surface area contributed by atoms with Gasteiger partial charge in [0.15, 0.2) is 0 Å². The molecule has 0 amide bonds. The summed E-state index contributed by atoms with van der Waals surface area (Å²) in [4.78, 5) is 8.97. The molecule has 0 aliphatic heterocycles. The van der Waals surface area contributed by atoms with Gasteiger partial charge < -0.3 is 10.2 Å². The number of benzene rings is 3. The molecule has 5 aromatic rings. The molecule has 0 saturated carbocycles. The van der Waals surface area contributed by atoms with Gasteiger partial charge in [-0.3, -0.25) is 9.55 Å². The Morgan fingerprint density at radius 1 is 0.939 bits per heavy atom. The Bertz CT molecular complexity index is 1320. The number of fused-ring (bicyclic) bond motifs is 3. The SMILES string of the molecule is CC(O)=CC(C)O.[Ir].[c-]1ccccc1-c1cc(-n2c3ccccc3c3ccccc32)ncn1. The van der Waals surface area contributed by atoms with Crippen molar-refractivity contribution >= 4 is 21.8 Å². The van der Waals surface area contributed by atoms with Gasteiger partial charge in [-0.05, 0) is 43.8 Å². The van der Waals surface area contributed by atoms with Crippen molar-refractivity contribution in [2.45, 2.75) is 20.0 Å². The summed E-state index contributed by atoms with van der Waals surface area (Å²) in [6.45, 7) is 3.10. The van der Waals surface area contributed by atoms with E-state index in [4.69, 9.17) is 10.2 Å². The quantitative estimate of drug-likeness (QED) is 0.197. The Morgan fingerprint density at radius 3 is 2.06 bits per heavy atom. The normalized spacial score (nSPS) is 12.0. The topological polar surface area (TPSA) is 71.2 Å². The van der Waals surface area contributed by atoms with E-state index in [0.29, 0.717) is 0 Å². The third-order valence-electron chi connectivity index (χ3n) is 4.93. The molecule has 5 rings (SSSR count). The van der Waals surface area contributed by atoms with E-state index in [1.54, 1.807) is 13.3 Å². The van der Waals surface area contributed by atoms with Crippen molar-refractivity contribution in [1.82, 2.24) is 14.5 Å². The molecule has 6 heteroatoms. The second kappa shape index (κ2) is 11.0. The van der Waals surface area contributed by atoms with Crippen LogP contribution < -0.4 is 0 Å². The summed E-state index contributed by atoms with van der Waals surface area (Å²) in [5, 5.41) is 19.4. The first kappa shape index (κ1) is 24.3. The molecule has 0 fully saturated rings. The number of nitrogens with zero attached hydrogens (tertiary/aromatic N) is 3. The fourth-order valence-electron chi connectivity index (χ4n) is 3.69. The summed E-state index contributed by atoms with van der Waals surface area (Å²) in [6.07, 6.45) is 2.44. The molecule has 2 aromatic heterocycles. The monoisotopic (exact) mass is 615 g/mol. The minimum atomic E-state index is -0.537. The van der Waals surface area contributed by atoms with Crippen LogP contribution in [0.5, 0.6) is 0 Å². The van der Waals surface area contributed by atoms with E-state index in [9.17, 15) is 0 Å². The Hall–Kier alpha value is -3.31. The number of hydrogen-bond acceptors (Lipinski definition) is 4. The van der Waals surface area contributed by atoms with Crippen molar-refractivity contribution in [2.75, 3.05) is 0 Å². The molecule has 5 nitrogen and oxygen atoms in total. The van der Waals surface area contributed by atoms with Crippen molar-refractivity contribution in [3.8, 4) is 17.1 Å². The van der Waals surface area contributed by atoms with Crippen molar-refractivity contribution in [1.29, 1.82) is 0 Å². The first-order valence-electron chi connectivity index (χ1n) is 10.4. The molecule has 3 aromatic carbocycles. The number of para-hydroxylation sites is 2. The maximum absolute atomic E-state index is 8.49. The van der Waals surface area contributed by atoms with Gasteiger partial charge in [-0.2, -0.15) is 0 Å². The van der Waals surface area contributed by atoms with Gasteiger partial charge >= 0.3 is 0 Å². The van der Waals surface area contributed by atoms with Gasteiger partial charge in [0.2, 0.25) is 0 Å². The smallest absolute Gasteiger partial charge is 0.132 e. The van der Waals surface area contributed by atoms with Crippen LogP contribution in [-0.4, -0.2) is 30.9 Å². The zero-order chi connectivity index (χ0) is 22.5. The van der Waals surface area contributed by atoms with Crippen molar-refractivity contribution in [3.05, 3.63) is 103 Å². The summed E-state index contributed by atoms with van der Waals surface area (Å²) in [5.74, 6) is 1.02. The number of hydrogen-bond donors (Lipinski definition) is 2. The van der Waals surface area contributed by atoms with Crippen molar-refractivity contribution < 1.29 is 30.3 Å². The van der Waals surface area contributed by atoms with Gasteiger partial charge in [-0.1, -0.05) is 36.4 Å².